The standard InChI is InChI=1S/C15H13ClN4/c1-9-13(12-6-3-7-18-15(12)17)14(20-19-9)10-4-2-5-11(16)8-10/h2-8H,1H3,(H2,17,18)(H,19,20). The van der Waals surface area contributed by atoms with Crippen molar-refractivity contribution in [2.45, 2.75) is 6.92 Å². The number of aryl methyl sites for hydroxylation is 1. The van der Waals surface area contributed by atoms with Gasteiger partial charge in [-0.1, -0.05) is 23.7 Å². The molecule has 3 N–H and O–H groups in total. The Labute approximate surface area is 121 Å². The fraction of sp³-hybridized carbons (Fsp3) is 0.0667. The molecule has 0 saturated heterocycles. The minimum Gasteiger partial charge on any atom is -0.383 e. The lowest BCUT2D eigenvalue weighted by Gasteiger charge is -2.07. The van der Waals surface area contributed by atoms with E-state index in [1.807, 2.05) is 43.3 Å². The summed E-state index contributed by atoms with van der Waals surface area (Å²) in [5.74, 6) is 0.486. The predicted molar refractivity (Wildman–Crippen MR) is 81.4 cm³/mol. The SMILES string of the molecule is Cc1[nH]nc(-c2cccc(Cl)c2)c1-c1cccnc1N. The van der Waals surface area contributed by atoms with Crippen LogP contribution in [-0.2, 0) is 0 Å². The Balaban J connectivity index is 2.23. The normalized spacial score (nSPS) is 10.7. The summed E-state index contributed by atoms with van der Waals surface area (Å²) in [6.45, 7) is 1.96. The number of halogens is 1. The van der Waals surface area contributed by atoms with Crippen molar-refractivity contribution in [3.8, 4) is 22.4 Å². The molecule has 0 saturated carbocycles. The molecule has 20 heavy (non-hydrogen) atoms. The lowest BCUT2D eigenvalue weighted by Crippen LogP contribution is -1.94. The number of nitrogens with one attached hydrogen (secondary N) is 1. The van der Waals surface area contributed by atoms with E-state index in [1.165, 1.54) is 0 Å². The highest BCUT2D eigenvalue weighted by atomic mass is 35.5. The third kappa shape index (κ3) is 2.14. The summed E-state index contributed by atoms with van der Waals surface area (Å²) in [5.41, 5.74) is 10.5. The van der Waals surface area contributed by atoms with Crippen molar-refractivity contribution < 1.29 is 0 Å². The fourth-order valence-corrected chi connectivity index (χ4v) is 2.42. The lowest BCUT2D eigenvalue weighted by atomic mass is 10.00. The fourth-order valence-electron chi connectivity index (χ4n) is 2.23. The van der Waals surface area contributed by atoms with E-state index in [0.717, 1.165) is 28.1 Å². The number of nitrogens with two attached hydrogens (primary N) is 1. The molecule has 0 amide bonds. The topological polar surface area (TPSA) is 67.6 Å². The molecule has 0 spiro atoms. The Morgan fingerprint density at radius 2 is 2.05 bits per heavy atom. The van der Waals surface area contributed by atoms with Crippen molar-refractivity contribution >= 4 is 17.4 Å². The average molecular weight is 285 g/mol. The maximum absolute atomic E-state index is 6.06. The number of hydrogen-bond acceptors (Lipinski definition) is 3. The van der Waals surface area contributed by atoms with E-state index in [-0.39, 0.29) is 0 Å². The Morgan fingerprint density at radius 1 is 1.20 bits per heavy atom. The highest BCUT2D eigenvalue weighted by Crippen LogP contribution is 2.35. The van der Waals surface area contributed by atoms with Crippen LogP contribution in [0.2, 0.25) is 5.02 Å². The number of nitrogen functional groups attached to an aromatic ring is 1. The van der Waals surface area contributed by atoms with Gasteiger partial charge in [0.05, 0.1) is 0 Å². The van der Waals surface area contributed by atoms with E-state index in [4.69, 9.17) is 17.3 Å². The number of aromatic nitrogens is 3. The van der Waals surface area contributed by atoms with E-state index >= 15 is 0 Å². The Bertz CT molecular complexity index is 764. The molecular formula is C15H13ClN4. The zero-order chi connectivity index (χ0) is 14.1. The van der Waals surface area contributed by atoms with Gasteiger partial charge in [0.25, 0.3) is 0 Å². The number of anilines is 1. The molecule has 100 valence electrons. The summed E-state index contributed by atoms with van der Waals surface area (Å²) in [4.78, 5) is 4.14. The zero-order valence-corrected chi connectivity index (χ0v) is 11.6. The number of pyridine rings is 1. The first-order valence-electron chi connectivity index (χ1n) is 6.18. The smallest absolute Gasteiger partial charge is 0.131 e. The van der Waals surface area contributed by atoms with Gasteiger partial charge in [0.1, 0.15) is 11.5 Å². The average Bonchev–Trinajstić information content (AvgIpc) is 2.81. The highest BCUT2D eigenvalue weighted by molar-refractivity contribution is 6.30. The molecule has 0 aliphatic rings. The molecule has 0 aliphatic heterocycles. The summed E-state index contributed by atoms with van der Waals surface area (Å²) in [6.07, 6.45) is 1.67. The maximum atomic E-state index is 6.06. The van der Waals surface area contributed by atoms with Crippen LogP contribution >= 0.6 is 11.6 Å². The van der Waals surface area contributed by atoms with Crippen molar-refractivity contribution in [3.63, 3.8) is 0 Å². The summed E-state index contributed by atoms with van der Waals surface area (Å²) >= 11 is 6.06. The molecule has 2 aromatic heterocycles. The second-order valence-corrected chi connectivity index (χ2v) is 4.96. The van der Waals surface area contributed by atoms with Crippen molar-refractivity contribution in [2.75, 3.05) is 5.73 Å². The number of hydrogen-bond donors (Lipinski definition) is 2. The van der Waals surface area contributed by atoms with Crippen LogP contribution in [0, 0.1) is 6.92 Å². The van der Waals surface area contributed by atoms with Gasteiger partial charge >= 0.3 is 0 Å². The van der Waals surface area contributed by atoms with Crippen LogP contribution in [-0.4, -0.2) is 15.2 Å². The molecule has 0 atom stereocenters. The van der Waals surface area contributed by atoms with Gasteiger partial charge in [-0.25, -0.2) is 4.98 Å². The van der Waals surface area contributed by atoms with Gasteiger partial charge in [0.15, 0.2) is 0 Å². The molecule has 5 heteroatoms. The number of H-pyrrole nitrogens is 1. The van der Waals surface area contributed by atoms with E-state index in [0.29, 0.717) is 10.8 Å². The summed E-state index contributed by atoms with van der Waals surface area (Å²) in [5, 5.41) is 8.06. The Hall–Kier alpha value is -2.33. The Morgan fingerprint density at radius 3 is 2.80 bits per heavy atom. The highest BCUT2D eigenvalue weighted by Gasteiger charge is 2.16. The third-order valence-corrected chi connectivity index (χ3v) is 3.39. The second-order valence-electron chi connectivity index (χ2n) is 4.52. The van der Waals surface area contributed by atoms with Crippen LogP contribution in [0.3, 0.4) is 0 Å². The number of aromatic amines is 1. The molecule has 0 fully saturated rings. The first-order valence-corrected chi connectivity index (χ1v) is 6.56. The van der Waals surface area contributed by atoms with Crippen molar-refractivity contribution in [1.82, 2.24) is 15.2 Å². The molecule has 3 rings (SSSR count). The van der Waals surface area contributed by atoms with E-state index in [9.17, 15) is 0 Å². The van der Waals surface area contributed by atoms with Gasteiger partial charge in [0.2, 0.25) is 0 Å². The van der Waals surface area contributed by atoms with Gasteiger partial charge in [-0.05, 0) is 31.2 Å². The lowest BCUT2D eigenvalue weighted by molar-refractivity contribution is 1.05. The van der Waals surface area contributed by atoms with E-state index in [2.05, 4.69) is 15.2 Å². The van der Waals surface area contributed by atoms with Crippen molar-refractivity contribution in [2.24, 2.45) is 0 Å². The number of benzene rings is 1. The van der Waals surface area contributed by atoms with Gasteiger partial charge in [-0.15, -0.1) is 0 Å². The zero-order valence-electron chi connectivity index (χ0n) is 10.9. The molecule has 0 bridgehead atoms. The maximum Gasteiger partial charge on any atom is 0.131 e. The molecule has 4 nitrogen and oxygen atoms in total. The van der Waals surface area contributed by atoms with Gasteiger partial charge < -0.3 is 5.73 Å². The van der Waals surface area contributed by atoms with Crippen LogP contribution < -0.4 is 5.73 Å². The van der Waals surface area contributed by atoms with Crippen LogP contribution in [0.25, 0.3) is 22.4 Å². The van der Waals surface area contributed by atoms with Crippen LogP contribution in [0.5, 0.6) is 0 Å². The van der Waals surface area contributed by atoms with Crippen molar-refractivity contribution in [1.29, 1.82) is 0 Å². The summed E-state index contributed by atoms with van der Waals surface area (Å²) in [6, 6.07) is 11.4. The molecule has 0 aliphatic carbocycles. The monoisotopic (exact) mass is 284 g/mol. The van der Waals surface area contributed by atoms with Gasteiger partial charge in [-0.2, -0.15) is 5.10 Å². The minimum absolute atomic E-state index is 0.486. The van der Waals surface area contributed by atoms with Crippen LogP contribution in [0.15, 0.2) is 42.6 Å². The predicted octanol–water partition coefficient (Wildman–Crippen LogP) is 3.68. The second kappa shape index (κ2) is 4.98. The Kier molecular flexibility index (Phi) is 3.16. The largest absolute Gasteiger partial charge is 0.383 e. The van der Waals surface area contributed by atoms with Gasteiger partial charge in [-0.3, -0.25) is 5.10 Å². The third-order valence-electron chi connectivity index (χ3n) is 3.15. The number of nitrogens with zero attached hydrogens (tertiary/aromatic N) is 2. The molecule has 0 unspecified atom stereocenters. The molecule has 2 heterocycles. The molecule has 1 aromatic carbocycles. The van der Waals surface area contributed by atoms with E-state index in [1.54, 1.807) is 6.20 Å². The molecule has 3 aromatic rings. The number of rotatable bonds is 2. The van der Waals surface area contributed by atoms with E-state index < -0.39 is 0 Å². The first-order chi connectivity index (χ1) is 9.66. The molecule has 0 radical (unpaired) electrons. The quantitative estimate of drug-likeness (QED) is 0.754. The summed E-state index contributed by atoms with van der Waals surface area (Å²) in [7, 11) is 0. The molecular weight excluding hydrogens is 272 g/mol. The first kappa shape index (κ1) is 12.7. The van der Waals surface area contributed by atoms with Crippen molar-refractivity contribution in [3.05, 3.63) is 53.3 Å². The van der Waals surface area contributed by atoms with Crippen LogP contribution in [0.1, 0.15) is 5.69 Å². The van der Waals surface area contributed by atoms with Crippen LogP contribution in [0.4, 0.5) is 5.82 Å². The summed E-state index contributed by atoms with van der Waals surface area (Å²) < 4.78 is 0. The minimum atomic E-state index is 0.486. The van der Waals surface area contributed by atoms with Gasteiger partial charge in [0, 0.05) is 33.6 Å².